The van der Waals surface area contributed by atoms with Crippen LogP contribution in [0.2, 0.25) is 5.15 Å². The molecule has 0 aliphatic carbocycles. The van der Waals surface area contributed by atoms with Crippen molar-refractivity contribution in [2.45, 2.75) is 6.92 Å². The Bertz CT molecular complexity index is 785. The molecular formula is C14H10ClN3OS. The number of carbonyl (C=O) groups excluding carboxylic acids is 1. The minimum atomic E-state index is -0.268. The molecule has 1 aromatic heterocycles. The quantitative estimate of drug-likeness (QED) is 0.483. The third-order valence-corrected chi connectivity index (χ3v) is 3.55. The van der Waals surface area contributed by atoms with Crippen LogP contribution in [-0.2, 0) is 4.79 Å². The molecule has 3 rings (SSSR count). The molecule has 4 nitrogen and oxygen atoms in total. The summed E-state index contributed by atoms with van der Waals surface area (Å²) in [5.74, 6) is -0.268. The molecule has 0 radical (unpaired) electrons. The molecule has 0 atom stereocenters. The molecule has 6 heteroatoms. The van der Waals surface area contributed by atoms with Crippen LogP contribution in [0, 0.1) is 6.92 Å². The molecule has 100 valence electrons. The number of rotatable bonds is 1. The molecule has 1 aliphatic rings. The second kappa shape index (κ2) is 4.85. The number of fused-ring (bicyclic) bond motifs is 1. The van der Waals surface area contributed by atoms with E-state index >= 15 is 0 Å². The van der Waals surface area contributed by atoms with E-state index in [9.17, 15) is 4.79 Å². The van der Waals surface area contributed by atoms with Crippen molar-refractivity contribution in [3.8, 4) is 0 Å². The zero-order valence-electron chi connectivity index (χ0n) is 10.5. The van der Waals surface area contributed by atoms with E-state index in [1.54, 1.807) is 6.08 Å². The van der Waals surface area contributed by atoms with Gasteiger partial charge in [0.25, 0.3) is 5.91 Å². The fourth-order valence-corrected chi connectivity index (χ4v) is 2.48. The van der Waals surface area contributed by atoms with Crippen LogP contribution in [0.1, 0.15) is 11.1 Å². The largest absolute Gasteiger partial charge is 0.328 e. The number of thiocarbonyl (C=S) groups is 1. The van der Waals surface area contributed by atoms with E-state index < -0.39 is 0 Å². The molecule has 0 unspecified atom stereocenters. The normalized spacial score (nSPS) is 16.6. The summed E-state index contributed by atoms with van der Waals surface area (Å²) < 4.78 is 0. The van der Waals surface area contributed by atoms with Crippen LogP contribution in [0.15, 0.2) is 30.0 Å². The third kappa shape index (κ3) is 2.26. The first-order valence-electron chi connectivity index (χ1n) is 5.94. The Labute approximate surface area is 125 Å². The van der Waals surface area contributed by atoms with Crippen LogP contribution in [0.5, 0.6) is 0 Å². The number of hydrogen-bond acceptors (Lipinski definition) is 3. The molecule has 2 N–H and O–H groups in total. The number of aromatic nitrogens is 1. The maximum atomic E-state index is 11.6. The van der Waals surface area contributed by atoms with E-state index in [-0.39, 0.29) is 5.91 Å². The summed E-state index contributed by atoms with van der Waals surface area (Å²) >= 11 is 11.1. The Hall–Kier alpha value is -1.98. The van der Waals surface area contributed by atoms with Crippen LogP contribution in [0.4, 0.5) is 0 Å². The first kappa shape index (κ1) is 13.0. The smallest absolute Gasteiger partial charge is 0.273 e. The Balaban J connectivity index is 2.13. The van der Waals surface area contributed by atoms with Crippen molar-refractivity contribution in [1.29, 1.82) is 0 Å². The number of carbonyl (C=O) groups is 1. The SMILES string of the molecule is Cc1cccc2cc(/C=C3\NC(=S)NC3=O)c(Cl)nc12. The first-order valence-corrected chi connectivity index (χ1v) is 6.73. The molecular weight excluding hydrogens is 294 g/mol. The topological polar surface area (TPSA) is 54.0 Å². The molecule has 20 heavy (non-hydrogen) atoms. The number of amides is 1. The molecule has 1 saturated heterocycles. The van der Waals surface area contributed by atoms with Gasteiger partial charge in [-0.2, -0.15) is 0 Å². The van der Waals surface area contributed by atoms with Crippen molar-refractivity contribution < 1.29 is 4.79 Å². The standard InChI is InChI=1S/C14H10ClN3OS/c1-7-3-2-4-8-5-9(12(15)17-11(7)8)6-10-13(19)18-14(20)16-10/h2-6H,1H3,(H2,16,18,19,20)/b10-6-. The molecule has 2 aromatic rings. The number of aryl methyl sites for hydroxylation is 1. The van der Waals surface area contributed by atoms with Gasteiger partial charge in [-0.25, -0.2) is 4.98 Å². The third-order valence-electron chi connectivity index (χ3n) is 3.05. The second-order valence-corrected chi connectivity index (χ2v) is 5.25. The summed E-state index contributed by atoms with van der Waals surface area (Å²) in [7, 11) is 0. The van der Waals surface area contributed by atoms with Crippen LogP contribution >= 0.6 is 23.8 Å². The van der Waals surface area contributed by atoms with Gasteiger partial charge in [0, 0.05) is 10.9 Å². The van der Waals surface area contributed by atoms with Gasteiger partial charge in [-0.1, -0.05) is 29.8 Å². The highest BCUT2D eigenvalue weighted by molar-refractivity contribution is 7.80. The van der Waals surface area contributed by atoms with Crippen LogP contribution in [0.25, 0.3) is 17.0 Å². The number of hydrogen-bond donors (Lipinski definition) is 2. The summed E-state index contributed by atoms with van der Waals surface area (Å²) in [6, 6.07) is 7.80. The highest BCUT2D eigenvalue weighted by Crippen LogP contribution is 2.24. The molecule has 0 saturated carbocycles. The maximum absolute atomic E-state index is 11.6. The molecule has 2 heterocycles. The van der Waals surface area contributed by atoms with Gasteiger partial charge in [-0.05, 0) is 36.8 Å². The van der Waals surface area contributed by atoms with E-state index in [1.807, 2.05) is 31.2 Å². The minimum absolute atomic E-state index is 0.268. The first-order chi connectivity index (χ1) is 9.54. The van der Waals surface area contributed by atoms with Gasteiger partial charge in [0.1, 0.15) is 10.9 Å². The van der Waals surface area contributed by atoms with Crippen LogP contribution in [-0.4, -0.2) is 16.0 Å². The van der Waals surface area contributed by atoms with E-state index in [0.29, 0.717) is 21.5 Å². The lowest BCUT2D eigenvalue weighted by atomic mass is 10.1. The molecule has 1 amide bonds. The predicted molar refractivity (Wildman–Crippen MR) is 83.3 cm³/mol. The lowest BCUT2D eigenvalue weighted by Crippen LogP contribution is -2.21. The minimum Gasteiger partial charge on any atom is -0.328 e. The van der Waals surface area contributed by atoms with E-state index in [1.165, 1.54) is 0 Å². The van der Waals surface area contributed by atoms with Crippen molar-refractivity contribution in [3.05, 3.63) is 46.2 Å². The summed E-state index contributed by atoms with van der Waals surface area (Å²) in [6.45, 7) is 1.98. The predicted octanol–water partition coefficient (Wildman–Crippen LogP) is 2.54. The monoisotopic (exact) mass is 303 g/mol. The van der Waals surface area contributed by atoms with Gasteiger partial charge in [0.05, 0.1) is 5.52 Å². The second-order valence-electron chi connectivity index (χ2n) is 4.48. The molecule has 1 fully saturated rings. The van der Waals surface area contributed by atoms with Crippen LogP contribution < -0.4 is 10.6 Å². The Kier molecular flexibility index (Phi) is 3.16. The summed E-state index contributed by atoms with van der Waals surface area (Å²) in [5, 5.41) is 6.91. The number of nitrogens with one attached hydrogen (secondary N) is 2. The number of nitrogens with zero attached hydrogens (tertiary/aromatic N) is 1. The van der Waals surface area contributed by atoms with Crippen molar-refractivity contribution >= 4 is 51.8 Å². The maximum Gasteiger partial charge on any atom is 0.273 e. The fraction of sp³-hybridized carbons (Fsp3) is 0.0714. The Morgan fingerprint density at radius 3 is 2.85 bits per heavy atom. The lowest BCUT2D eigenvalue weighted by Gasteiger charge is -2.05. The van der Waals surface area contributed by atoms with Crippen molar-refractivity contribution in [2.75, 3.05) is 0 Å². The van der Waals surface area contributed by atoms with Crippen molar-refractivity contribution in [3.63, 3.8) is 0 Å². The van der Waals surface area contributed by atoms with Crippen molar-refractivity contribution in [1.82, 2.24) is 15.6 Å². The Morgan fingerprint density at radius 1 is 1.35 bits per heavy atom. The van der Waals surface area contributed by atoms with Gasteiger partial charge >= 0.3 is 0 Å². The lowest BCUT2D eigenvalue weighted by molar-refractivity contribution is -0.115. The van der Waals surface area contributed by atoms with E-state index in [0.717, 1.165) is 16.5 Å². The zero-order chi connectivity index (χ0) is 14.3. The molecule has 0 spiro atoms. The summed E-state index contributed by atoms with van der Waals surface area (Å²) in [6.07, 6.45) is 1.64. The molecule has 0 bridgehead atoms. The highest BCUT2D eigenvalue weighted by Gasteiger charge is 2.20. The number of pyridine rings is 1. The molecule has 1 aromatic carbocycles. The highest BCUT2D eigenvalue weighted by atomic mass is 35.5. The number of para-hydroxylation sites is 1. The summed E-state index contributed by atoms with van der Waals surface area (Å²) in [4.78, 5) is 16.0. The van der Waals surface area contributed by atoms with Gasteiger partial charge in [0.2, 0.25) is 0 Å². The van der Waals surface area contributed by atoms with E-state index in [2.05, 4.69) is 15.6 Å². The van der Waals surface area contributed by atoms with Gasteiger partial charge in [-0.3, -0.25) is 10.1 Å². The number of halogens is 1. The van der Waals surface area contributed by atoms with Crippen LogP contribution in [0.3, 0.4) is 0 Å². The van der Waals surface area contributed by atoms with Gasteiger partial charge in [0.15, 0.2) is 5.11 Å². The summed E-state index contributed by atoms with van der Waals surface area (Å²) in [5.41, 5.74) is 2.96. The van der Waals surface area contributed by atoms with Gasteiger partial charge < -0.3 is 5.32 Å². The fourth-order valence-electron chi connectivity index (χ4n) is 2.08. The van der Waals surface area contributed by atoms with Crippen molar-refractivity contribution in [2.24, 2.45) is 0 Å². The van der Waals surface area contributed by atoms with E-state index in [4.69, 9.17) is 23.8 Å². The Morgan fingerprint density at radius 2 is 2.15 bits per heavy atom. The number of benzene rings is 1. The zero-order valence-corrected chi connectivity index (χ0v) is 12.1. The molecule has 1 aliphatic heterocycles. The van der Waals surface area contributed by atoms with Gasteiger partial charge in [-0.15, -0.1) is 0 Å². The average molecular weight is 304 g/mol. The average Bonchev–Trinajstić information content (AvgIpc) is 2.70.